The Morgan fingerprint density at radius 2 is 1.93 bits per heavy atom. The van der Waals surface area contributed by atoms with Gasteiger partial charge in [0.05, 0.1) is 16.8 Å². The summed E-state index contributed by atoms with van der Waals surface area (Å²) in [5, 5.41) is 12.2. The summed E-state index contributed by atoms with van der Waals surface area (Å²) in [6.45, 7) is 1.46. The van der Waals surface area contributed by atoms with Crippen molar-refractivity contribution in [3.05, 3.63) is 59.4 Å². The number of hydrogen-bond acceptors (Lipinski definition) is 6. The summed E-state index contributed by atoms with van der Waals surface area (Å²) >= 11 is 2.74. The number of halogens is 2. The van der Waals surface area contributed by atoms with Crippen molar-refractivity contribution in [2.45, 2.75) is 30.5 Å². The first-order chi connectivity index (χ1) is 13.5. The second-order valence-electron chi connectivity index (χ2n) is 6.20. The summed E-state index contributed by atoms with van der Waals surface area (Å²) < 4.78 is 28.7. The van der Waals surface area contributed by atoms with Crippen molar-refractivity contribution in [3.63, 3.8) is 0 Å². The van der Waals surface area contributed by atoms with Gasteiger partial charge in [-0.2, -0.15) is 8.78 Å². The highest BCUT2D eigenvalue weighted by atomic mass is 32.2. The number of fused-ring (bicyclic) bond motifs is 1. The van der Waals surface area contributed by atoms with Gasteiger partial charge in [0.1, 0.15) is 5.82 Å². The lowest BCUT2D eigenvalue weighted by Gasteiger charge is -2.08. The van der Waals surface area contributed by atoms with Crippen LogP contribution in [0.2, 0.25) is 0 Å². The van der Waals surface area contributed by atoms with Crippen LogP contribution < -0.4 is 5.32 Å². The zero-order valence-corrected chi connectivity index (χ0v) is 16.8. The predicted octanol–water partition coefficient (Wildman–Crippen LogP) is 5.94. The second kappa shape index (κ2) is 7.84. The van der Waals surface area contributed by atoms with E-state index < -0.39 is 6.55 Å². The van der Waals surface area contributed by atoms with Crippen LogP contribution in [0.1, 0.15) is 23.5 Å². The maximum atomic E-state index is 13.5. The van der Waals surface area contributed by atoms with Crippen molar-refractivity contribution < 1.29 is 8.78 Å². The van der Waals surface area contributed by atoms with Crippen molar-refractivity contribution in [1.29, 1.82) is 0 Å². The van der Waals surface area contributed by atoms with Crippen LogP contribution in [-0.2, 0) is 5.75 Å². The molecule has 0 bridgehead atoms. The molecule has 144 valence electrons. The highest BCUT2D eigenvalue weighted by molar-refractivity contribution is 8.00. The fourth-order valence-electron chi connectivity index (χ4n) is 2.86. The number of aryl methyl sites for hydroxylation is 1. The number of aromatic nitrogens is 4. The first kappa shape index (κ1) is 18.8. The van der Waals surface area contributed by atoms with Crippen LogP contribution in [0.15, 0.2) is 46.8 Å². The molecule has 2 heterocycles. The fourth-order valence-corrected chi connectivity index (χ4v) is 4.55. The van der Waals surface area contributed by atoms with Crippen molar-refractivity contribution in [2.75, 3.05) is 5.32 Å². The summed E-state index contributed by atoms with van der Waals surface area (Å²) in [4.78, 5) is 4.35. The Labute approximate surface area is 168 Å². The number of rotatable bonds is 6. The zero-order chi connectivity index (χ0) is 19.7. The number of para-hydroxylation sites is 2. The number of imidazole rings is 1. The lowest BCUT2D eigenvalue weighted by molar-refractivity contribution is 0.0722. The van der Waals surface area contributed by atoms with Gasteiger partial charge in [-0.25, -0.2) is 4.98 Å². The molecule has 0 aliphatic rings. The van der Waals surface area contributed by atoms with Gasteiger partial charge in [-0.3, -0.25) is 4.57 Å². The molecule has 0 atom stereocenters. The number of benzene rings is 2. The second-order valence-corrected chi connectivity index (χ2v) is 8.40. The molecule has 0 unspecified atom stereocenters. The van der Waals surface area contributed by atoms with E-state index in [-0.39, 0.29) is 5.75 Å². The molecule has 5 nitrogen and oxygen atoms in total. The topological polar surface area (TPSA) is 55.6 Å². The average Bonchev–Trinajstić information content (AvgIpc) is 3.27. The Bertz CT molecular complexity index is 1120. The van der Waals surface area contributed by atoms with Gasteiger partial charge < -0.3 is 5.32 Å². The minimum atomic E-state index is -2.64. The third-order valence-electron chi connectivity index (χ3n) is 4.44. The SMILES string of the molecule is Cc1cccc(Nc2nnc(SCc3nc4ccccc4n3C(F)F)s2)c1C. The summed E-state index contributed by atoms with van der Waals surface area (Å²) in [6, 6.07) is 12.9. The lowest BCUT2D eigenvalue weighted by Crippen LogP contribution is -2.03. The van der Waals surface area contributed by atoms with Gasteiger partial charge in [-0.05, 0) is 43.2 Å². The molecule has 2 aromatic heterocycles. The predicted molar refractivity (Wildman–Crippen MR) is 110 cm³/mol. The van der Waals surface area contributed by atoms with E-state index in [1.807, 2.05) is 19.1 Å². The third kappa shape index (κ3) is 3.72. The number of anilines is 2. The number of thioether (sulfide) groups is 1. The molecule has 0 amide bonds. The molecular formula is C19H17F2N5S2. The van der Waals surface area contributed by atoms with Crippen molar-refractivity contribution in [3.8, 4) is 0 Å². The minimum absolute atomic E-state index is 0.289. The monoisotopic (exact) mass is 417 g/mol. The number of nitrogens with one attached hydrogen (secondary N) is 1. The van der Waals surface area contributed by atoms with E-state index in [0.717, 1.165) is 15.8 Å². The van der Waals surface area contributed by atoms with Crippen LogP contribution in [0.4, 0.5) is 19.6 Å². The molecule has 0 radical (unpaired) electrons. The molecule has 28 heavy (non-hydrogen) atoms. The lowest BCUT2D eigenvalue weighted by atomic mass is 10.1. The zero-order valence-electron chi connectivity index (χ0n) is 15.2. The molecule has 0 saturated carbocycles. The molecule has 4 aromatic rings. The van der Waals surface area contributed by atoms with Gasteiger partial charge in [-0.15, -0.1) is 10.2 Å². The van der Waals surface area contributed by atoms with Crippen LogP contribution in [0.3, 0.4) is 0 Å². The molecular weight excluding hydrogens is 400 g/mol. The van der Waals surface area contributed by atoms with E-state index in [2.05, 4.69) is 33.5 Å². The highest BCUT2D eigenvalue weighted by Crippen LogP contribution is 2.32. The number of alkyl halides is 2. The summed E-state index contributed by atoms with van der Waals surface area (Å²) in [5.41, 5.74) is 4.32. The van der Waals surface area contributed by atoms with E-state index in [1.165, 1.54) is 28.7 Å². The normalized spacial score (nSPS) is 11.5. The molecule has 1 N–H and O–H groups in total. The summed E-state index contributed by atoms with van der Waals surface area (Å²) in [5.74, 6) is 0.609. The van der Waals surface area contributed by atoms with Crippen LogP contribution in [0.5, 0.6) is 0 Å². The number of nitrogens with zero attached hydrogens (tertiary/aromatic N) is 4. The highest BCUT2D eigenvalue weighted by Gasteiger charge is 2.18. The molecule has 0 spiro atoms. The molecule has 9 heteroatoms. The van der Waals surface area contributed by atoms with E-state index in [9.17, 15) is 8.78 Å². The van der Waals surface area contributed by atoms with E-state index in [0.29, 0.717) is 26.3 Å². The molecule has 0 saturated heterocycles. The molecule has 4 rings (SSSR count). The van der Waals surface area contributed by atoms with E-state index in [4.69, 9.17) is 0 Å². The molecule has 0 aliphatic heterocycles. The fraction of sp³-hybridized carbons (Fsp3) is 0.211. The Morgan fingerprint density at radius 1 is 1.11 bits per heavy atom. The maximum Gasteiger partial charge on any atom is 0.320 e. The van der Waals surface area contributed by atoms with Gasteiger partial charge in [0.15, 0.2) is 4.34 Å². The van der Waals surface area contributed by atoms with Gasteiger partial charge in [-0.1, -0.05) is 47.4 Å². The minimum Gasteiger partial charge on any atom is -0.330 e. The molecule has 0 aliphatic carbocycles. The van der Waals surface area contributed by atoms with Crippen LogP contribution in [0, 0.1) is 13.8 Å². The van der Waals surface area contributed by atoms with E-state index >= 15 is 0 Å². The largest absolute Gasteiger partial charge is 0.330 e. The molecule has 2 aromatic carbocycles. The first-order valence-electron chi connectivity index (χ1n) is 8.56. The van der Waals surface area contributed by atoms with Crippen molar-refractivity contribution in [2.24, 2.45) is 0 Å². The van der Waals surface area contributed by atoms with E-state index in [1.54, 1.807) is 24.3 Å². The summed E-state index contributed by atoms with van der Waals surface area (Å²) in [7, 11) is 0. The van der Waals surface area contributed by atoms with Gasteiger partial charge in [0.25, 0.3) is 0 Å². The third-order valence-corrected chi connectivity index (χ3v) is 6.41. The Hall–Kier alpha value is -2.52. The quantitative estimate of drug-likeness (QED) is 0.394. The number of hydrogen-bond donors (Lipinski definition) is 1. The van der Waals surface area contributed by atoms with Crippen LogP contribution >= 0.6 is 23.1 Å². The van der Waals surface area contributed by atoms with Gasteiger partial charge in [0.2, 0.25) is 5.13 Å². The Morgan fingerprint density at radius 3 is 2.75 bits per heavy atom. The first-order valence-corrected chi connectivity index (χ1v) is 10.4. The smallest absolute Gasteiger partial charge is 0.320 e. The Kier molecular flexibility index (Phi) is 5.27. The Balaban J connectivity index is 1.50. The van der Waals surface area contributed by atoms with Gasteiger partial charge >= 0.3 is 6.55 Å². The summed E-state index contributed by atoms with van der Waals surface area (Å²) in [6.07, 6.45) is 0. The van der Waals surface area contributed by atoms with Crippen LogP contribution in [0.25, 0.3) is 11.0 Å². The standard InChI is InChI=1S/C19H17F2N5S2/c1-11-6-5-8-13(12(11)2)23-18-24-25-19(28-18)27-10-16-22-14-7-3-4-9-15(14)26(16)17(20)21/h3-9,17H,10H2,1-2H3,(H,23,24). The van der Waals surface area contributed by atoms with Gasteiger partial charge in [0, 0.05) is 5.69 Å². The molecule has 0 fully saturated rings. The average molecular weight is 418 g/mol. The van der Waals surface area contributed by atoms with Crippen LogP contribution in [-0.4, -0.2) is 19.7 Å². The van der Waals surface area contributed by atoms with Crippen molar-refractivity contribution in [1.82, 2.24) is 19.7 Å². The van der Waals surface area contributed by atoms with Crippen molar-refractivity contribution >= 4 is 45.0 Å². The maximum absolute atomic E-state index is 13.5.